The molecule has 7 nitrogen and oxygen atoms in total. The van der Waals surface area contributed by atoms with E-state index in [2.05, 4.69) is 5.32 Å². The summed E-state index contributed by atoms with van der Waals surface area (Å²) >= 11 is 0. The predicted molar refractivity (Wildman–Crippen MR) is 114 cm³/mol. The molecule has 0 unspecified atom stereocenters. The van der Waals surface area contributed by atoms with Crippen LogP contribution >= 0.6 is 0 Å². The Labute approximate surface area is 174 Å². The molecule has 0 bridgehead atoms. The molecule has 0 spiro atoms. The fraction of sp³-hybridized carbons (Fsp3) is 0.0909. The molecule has 154 valence electrons. The van der Waals surface area contributed by atoms with Gasteiger partial charge in [0, 0.05) is 23.1 Å². The molecule has 3 aromatic carbocycles. The van der Waals surface area contributed by atoms with Crippen LogP contribution in [0, 0.1) is 0 Å². The standard InChI is InChI=1S/C22H20N2O5S/c1-30(27,28)19-12-6-11-18(15-7-3-2-4-8-15)21(19)29-14-20(25)24-17-10-5-9-16(13-17)22(23)26/h2-13H,14H2,1H3,(H2,23,26)(H,24,25). The van der Waals surface area contributed by atoms with Gasteiger partial charge in [-0.05, 0) is 29.8 Å². The maximum Gasteiger partial charge on any atom is 0.262 e. The number of ether oxygens (including phenoxy) is 1. The molecule has 0 aliphatic carbocycles. The van der Waals surface area contributed by atoms with Crippen molar-refractivity contribution in [3.05, 3.63) is 78.4 Å². The highest BCUT2D eigenvalue weighted by Crippen LogP contribution is 2.35. The van der Waals surface area contributed by atoms with E-state index in [1.165, 1.54) is 18.2 Å². The van der Waals surface area contributed by atoms with Crippen molar-refractivity contribution in [1.29, 1.82) is 0 Å². The van der Waals surface area contributed by atoms with E-state index in [9.17, 15) is 18.0 Å². The van der Waals surface area contributed by atoms with Crippen molar-refractivity contribution in [3.63, 3.8) is 0 Å². The number of hydrogen-bond donors (Lipinski definition) is 2. The Kier molecular flexibility index (Phi) is 6.17. The summed E-state index contributed by atoms with van der Waals surface area (Å²) < 4.78 is 30.2. The summed E-state index contributed by atoms with van der Waals surface area (Å²) in [6.45, 7) is -0.423. The minimum Gasteiger partial charge on any atom is -0.482 e. The van der Waals surface area contributed by atoms with Crippen molar-refractivity contribution in [1.82, 2.24) is 0 Å². The SMILES string of the molecule is CS(=O)(=O)c1cccc(-c2ccccc2)c1OCC(=O)Nc1cccc(C(N)=O)c1. The van der Waals surface area contributed by atoms with Gasteiger partial charge in [-0.1, -0.05) is 48.5 Å². The van der Waals surface area contributed by atoms with Crippen molar-refractivity contribution in [2.24, 2.45) is 5.73 Å². The third-order valence-corrected chi connectivity index (χ3v) is 5.36. The quantitative estimate of drug-likeness (QED) is 0.605. The number of para-hydroxylation sites is 1. The lowest BCUT2D eigenvalue weighted by Gasteiger charge is -2.15. The van der Waals surface area contributed by atoms with Crippen LogP contribution in [0.5, 0.6) is 5.75 Å². The first-order valence-electron chi connectivity index (χ1n) is 8.97. The molecule has 0 atom stereocenters. The second-order valence-electron chi connectivity index (χ2n) is 6.55. The van der Waals surface area contributed by atoms with Crippen LogP contribution in [0.3, 0.4) is 0 Å². The number of carbonyl (C=O) groups is 2. The molecule has 0 saturated carbocycles. The Bertz CT molecular complexity index is 1190. The zero-order valence-corrected chi connectivity index (χ0v) is 17.0. The van der Waals surface area contributed by atoms with Crippen LogP contribution < -0.4 is 15.8 Å². The molecule has 3 aromatic rings. The summed E-state index contributed by atoms with van der Waals surface area (Å²) in [6.07, 6.45) is 1.08. The first-order valence-corrected chi connectivity index (χ1v) is 10.9. The molecule has 0 aliphatic heterocycles. The van der Waals surface area contributed by atoms with E-state index in [0.29, 0.717) is 11.3 Å². The Balaban J connectivity index is 1.86. The van der Waals surface area contributed by atoms with Crippen molar-refractivity contribution in [2.45, 2.75) is 4.90 Å². The maximum absolute atomic E-state index is 12.4. The lowest BCUT2D eigenvalue weighted by Crippen LogP contribution is -2.21. The molecular weight excluding hydrogens is 404 g/mol. The summed E-state index contributed by atoms with van der Waals surface area (Å²) in [5.41, 5.74) is 7.19. The van der Waals surface area contributed by atoms with Crippen molar-refractivity contribution in [3.8, 4) is 16.9 Å². The number of carbonyl (C=O) groups excluding carboxylic acids is 2. The van der Waals surface area contributed by atoms with E-state index >= 15 is 0 Å². The minimum absolute atomic E-state index is 0.00706. The van der Waals surface area contributed by atoms with Crippen LogP contribution in [0.2, 0.25) is 0 Å². The molecule has 0 radical (unpaired) electrons. The number of rotatable bonds is 7. The molecule has 0 aromatic heterocycles. The largest absolute Gasteiger partial charge is 0.482 e. The van der Waals surface area contributed by atoms with E-state index in [1.54, 1.807) is 24.3 Å². The summed E-state index contributed by atoms with van der Waals surface area (Å²) in [6, 6.07) is 20.1. The van der Waals surface area contributed by atoms with Gasteiger partial charge in [-0.15, -0.1) is 0 Å². The summed E-state index contributed by atoms with van der Waals surface area (Å²) in [5.74, 6) is -1.02. The van der Waals surface area contributed by atoms with E-state index in [-0.39, 0.29) is 16.2 Å². The zero-order chi connectivity index (χ0) is 21.7. The average molecular weight is 424 g/mol. The van der Waals surface area contributed by atoms with Gasteiger partial charge in [0.05, 0.1) is 0 Å². The van der Waals surface area contributed by atoms with E-state index in [1.807, 2.05) is 30.3 Å². The van der Waals surface area contributed by atoms with Crippen molar-refractivity contribution < 1.29 is 22.7 Å². The van der Waals surface area contributed by atoms with Gasteiger partial charge >= 0.3 is 0 Å². The minimum atomic E-state index is -3.59. The van der Waals surface area contributed by atoms with Crippen LogP contribution in [0.25, 0.3) is 11.1 Å². The molecule has 2 amide bonds. The Morgan fingerprint density at radius 3 is 2.33 bits per heavy atom. The highest BCUT2D eigenvalue weighted by Gasteiger charge is 2.20. The van der Waals surface area contributed by atoms with E-state index < -0.39 is 28.3 Å². The maximum atomic E-state index is 12.4. The number of hydrogen-bond acceptors (Lipinski definition) is 5. The molecule has 3 N–H and O–H groups in total. The molecule has 8 heteroatoms. The number of sulfone groups is 1. The van der Waals surface area contributed by atoms with Crippen LogP contribution in [-0.4, -0.2) is 33.1 Å². The molecule has 30 heavy (non-hydrogen) atoms. The highest BCUT2D eigenvalue weighted by molar-refractivity contribution is 7.90. The first kappa shape index (κ1) is 21.1. The van der Waals surface area contributed by atoms with Gasteiger partial charge in [0.2, 0.25) is 5.91 Å². The number of nitrogens with two attached hydrogens (primary N) is 1. The van der Waals surface area contributed by atoms with Crippen molar-refractivity contribution in [2.75, 3.05) is 18.2 Å². The third-order valence-electron chi connectivity index (χ3n) is 4.24. The lowest BCUT2D eigenvalue weighted by molar-refractivity contribution is -0.118. The fourth-order valence-corrected chi connectivity index (χ4v) is 3.72. The summed E-state index contributed by atoms with van der Waals surface area (Å²) in [7, 11) is -3.59. The summed E-state index contributed by atoms with van der Waals surface area (Å²) in [5, 5.41) is 2.60. The summed E-state index contributed by atoms with van der Waals surface area (Å²) in [4.78, 5) is 23.6. The fourth-order valence-electron chi connectivity index (χ4n) is 2.89. The van der Waals surface area contributed by atoms with E-state index in [4.69, 9.17) is 10.5 Å². The van der Waals surface area contributed by atoms with E-state index in [0.717, 1.165) is 11.8 Å². The highest BCUT2D eigenvalue weighted by atomic mass is 32.2. The number of benzene rings is 3. The zero-order valence-electron chi connectivity index (χ0n) is 16.2. The normalized spacial score (nSPS) is 11.0. The van der Waals surface area contributed by atoms with Crippen molar-refractivity contribution >= 4 is 27.3 Å². The van der Waals surface area contributed by atoms with Crippen LogP contribution in [0.1, 0.15) is 10.4 Å². The molecule has 3 rings (SSSR count). The second-order valence-corrected chi connectivity index (χ2v) is 8.54. The van der Waals surface area contributed by atoms with Gasteiger partial charge in [0.25, 0.3) is 5.91 Å². The van der Waals surface area contributed by atoms with Crippen LogP contribution in [0.15, 0.2) is 77.7 Å². The van der Waals surface area contributed by atoms with Gasteiger partial charge in [-0.2, -0.15) is 0 Å². The Morgan fingerprint density at radius 2 is 1.67 bits per heavy atom. The van der Waals surface area contributed by atoms with Crippen LogP contribution in [0.4, 0.5) is 5.69 Å². The average Bonchev–Trinajstić information content (AvgIpc) is 2.72. The predicted octanol–water partition coefficient (Wildman–Crippen LogP) is 2.87. The number of nitrogens with one attached hydrogen (secondary N) is 1. The number of anilines is 1. The van der Waals surface area contributed by atoms with Gasteiger partial charge < -0.3 is 15.8 Å². The Hall–Kier alpha value is -3.65. The van der Waals surface area contributed by atoms with Crippen LogP contribution in [-0.2, 0) is 14.6 Å². The Morgan fingerprint density at radius 1 is 0.967 bits per heavy atom. The van der Waals surface area contributed by atoms with Gasteiger partial charge in [-0.3, -0.25) is 9.59 Å². The van der Waals surface area contributed by atoms with Gasteiger partial charge in [0.15, 0.2) is 16.4 Å². The molecule has 0 aliphatic rings. The molecule has 0 saturated heterocycles. The first-order chi connectivity index (χ1) is 14.3. The second kappa shape index (κ2) is 8.79. The monoisotopic (exact) mass is 424 g/mol. The molecular formula is C22H20N2O5S. The number of primary amides is 1. The molecule has 0 fully saturated rings. The third kappa shape index (κ3) is 5.03. The van der Waals surface area contributed by atoms with Gasteiger partial charge in [0.1, 0.15) is 10.6 Å². The number of amides is 2. The smallest absolute Gasteiger partial charge is 0.262 e. The topological polar surface area (TPSA) is 116 Å². The lowest BCUT2D eigenvalue weighted by atomic mass is 10.0. The van der Waals surface area contributed by atoms with Gasteiger partial charge in [-0.25, -0.2) is 8.42 Å². The molecule has 0 heterocycles.